The van der Waals surface area contributed by atoms with E-state index in [2.05, 4.69) is 38.3 Å². The number of aryl methyl sites for hydroxylation is 1. The lowest BCUT2D eigenvalue weighted by molar-refractivity contribution is 0.543. The van der Waals surface area contributed by atoms with Gasteiger partial charge in [-0.1, -0.05) is 27.2 Å². The summed E-state index contributed by atoms with van der Waals surface area (Å²) in [6, 6.07) is 5.37. The van der Waals surface area contributed by atoms with Crippen LogP contribution >= 0.6 is 0 Å². The highest BCUT2D eigenvalue weighted by Crippen LogP contribution is 2.21. The Hall–Kier alpha value is -2.26. The molecule has 1 aliphatic heterocycles. The average Bonchev–Trinajstić information content (AvgIpc) is 2.73. The summed E-state index contributed by atoms with van der Waals surface area (Å²) in [6.45, 7) is 13.4. The van der Waals surface area contributed by atoms with Crippen molar-refractivity contribution >= 4 is 21.7 Å². The molecule has 2 aromatic rings. The Morgan fingerprint density at radius 3 is 2.23 bits per heavy atom. The highest BCUT2D eigenvalue weighted by molar-refractivity contribution is 7.89. The first-order chi connectivity index (χ1) is 14.7. The molecule has 0 saturated carbocycles. The van der Waals surface area contributed by atoms with Gasteiger partial charge in [0.2, 0.25) is 10.0 Å². The summed E-state index contributed by atoms with van der Waals surface area (Å²) < 4.78 is 27.8. The molecular weight excluding hydrogens is 412 g/mol. The van der Waals surface area contributed by atoms with Crippen LogP contribution in [0.5, 0.6) is 0 Å². The fraction of sp³-hybridized carbons (Fsp3) is 0.591. The van der Waals surface area contributed by atoms with E-state index in [1.807, 2.05) is 26.8 Å². The van der Waals surface area contributed by atoms with Crippen molar-refractivity contribution in [3.8, 4) is 0 Å². The zero-order chi connectivity index (χ0) is 22.6. The molecule has 1 unspecified atom stereocenters. The number of nitrogens with one attached hydrogen (secondary N) is 1. The lowest BCUT2D eigenvalue weighted by Gasteiger charge is -2.36. The molecule has 9 heteroatoms. The molecule has 1 saturated heterocycles. The van der Waals surface area contributed by atoms with Crippen LogP contribution in [-0.4, -0.2) is 55.6 Å². The Kier molecular flexibility index (Phi) is 7.48. The van der Waals surface area contributed by atoms with E-state index in [0.29, 0.717) is 5.92 Å². The van der Waals surface area contributed by atoms with E-state index < -0.39 is 10.0 Å². The van der Waals surface area contributed by atoms with Gasteiger partial charge >= 0.3 is 0 Å². The van der Waals surface area contributed by atoms with Crippen molar-refractivity contribution in [3.05, 3.63) is 35.9 Å². The third-order valence-corrected chi connectivity index (χ3v) is 6.99. The van der Waals surface area contributed by atoms with Crippen LogP contribution in [0, 0.1) is 6.92 Å². The van der Waals surface area contributed by atoms with Crippen molar-refractivity contribution in [3.63, 3.8) is 0 Å². The fourth-order valence-corrected chi connectivity index (χ4v) is 4.92. The van der Waals surface area contributed by atoms with Gasteiger partial charge in [0, 0.05) is 56.1 Å². The number of nitrogens with zero attached hydrogens (tertiary/aromatic N) is 5. The van der Waals surface area contributed by atoms with E-state index in [9.17, 15) is 8.42 Å². The van der Waals surface area contributed by atoms with Gasteiger partial charge in [-0.15, -0.1) is 0 Å². The van der Waals surface area contributed by atoms with Gasteiger partial charge in [0.25, 0.3) is 0 Å². The van der Waals surface area contributed by atoms with Crippen molar-refractivity contribution in [1.29, 1.82) is 0 Å². The van der Waals surface area contributed by atoms with Crippen LogP contribution in [0.3, 0.4) is 0 Å². The van der Waals surface area contributed by atoms with Gasteiger partial charge in [-0.2, -0.15) is 0 Å². The van der Waals surface area contributed by atoms with Crippen LogP contribution in [0.15, 0.2) is 29.3 Å². The quantitative estimate of drug-likeness (QED) is 0.666. The molecule has 3 heterocycles. The second-order valence-corrected chi connectivity index (χ2v) is 10.2. The zero-order valence-corrected chi connectivity index (χ0v) is 20.0. The Balaban J connectivity index is 1.64. The summed E-state index contributed by atoms with van der Waals surface area (Å²) in [7, 11) is -3.54. The lowest BCUT2D eigenvalue weighted by atomic mass is 10.2. The van der Waals surface area contributed by atoms with Crippen molar-refractivity contribution < 1.29 is 8.42 Å². The number of rotatable bonds is 8. The molecule has 170 valence electrons. The Morgan fingerprint density at radius 2 is 1.68 bits per heavy atom. The van der Waals surface area contributed by atoms with Gasteiger partial charge in [-0.3, -0.25) is 0 Å². The number of aromatic nitrogens is 3. The monoisotopic (exact) mass is 446 g/mol. The first kappa shape index (κ1) is 23.4. The molecule has 0 spiro atoms. The molecule has 2 aromatic heterocycles. The van der Waals surface area contributed by atoms with Gasteiger partial charge < -0.3 is 9.80 Å². The molecule has 1 aliphatic rings. The predicted octanol–water partition coefficient (Wildman–Crippen LogP) is 3.10. The molecule has 0 radical (unpaired) electrons. The molecule has 0 bridgehead atoms. The van der Waals surface area contributed by atoms with Crippen LogP contribution in [0.4, 0.5) is 11.6 Å². The second-order valence-electron chi connectivity index (χ2n) is 8.52. The van der Waals surface area contributed by atoms with Gasteiger partial charge in [0.05, 0.1) is 0 Å². The number of anilines is 2. The van der Waals surface area contributed by atoms with E-state index in [1.165, 1.54) is 6.20 Å². The third-order valence-electron chi connectivity index (χ3n) is 5.41. The molecule has 0 aliphatic carbocycles. The van der Waals surface area contributed by atoms with Crippen molar-refractivity contribution in [2.24, 2.45) is 0 Å². The van der Waals surface area contributed by atoms with E-state index in [-0.39, 0.29) is 10.9 Å². The Morgan fingerprint density at radius 1 is 1.03 bits per heavy atom. The van der Waals surface area contributed by atoms with Gasteiger partial charge in [0.1, 0.15) is 22.4 Å². The average molecular weight is 447 g/mol. The summed E-state index contributed by atoms with van der Waals surface area (Å²) in [5.41, 5.74) is 0.983. The molecule has 1 atom stereocenters. The molecule has 8 nitrogen and oxygen atoms in total. The molecule has 1 N–H and O–H groups in total. The summed E-state index contributed by atoms with van der Waals surface area (Å²) >= 11 is 0. The van der Waals surface area contributed by atoms with Crippen molar-refractivity contribution in [2.45, 2.75) is 64.3 Å². The molecular formula is C22H34N6O2S. The standard InChI is InChI=1S/C22H34N6O2S/c1-6-7-17(4)26-31(29,30)19-8-9-20(23-15-19)27-10-12-28(13-11-27)21-14-18(5)24-22(25-21)16(2)3/h8-9,14-17,26H,6-7,10-13H2,1-5H3. The minimum Gasteiger partial charge on any atom is -0.353 e. The summed E-state index contributed by atoms with van der Waals surface area (Å²) in [4.78, 5) is 18.4. The SMILES string of the molecule is CCCC(C)NS(=O)(=O)c1ccc(N2CCN(c3cc(C)nc(C(C)C)n3)CC2)nc1. The predicted molar refractivity (Wildman–Crippen MR) is 124 cm³/mol. The summed E-state index contributed by atoms with van der Waals surface area (Å²) in [6.07, 6.45) is 3.19. The highest BCUT2D eigenvalue weighted by Gasteiger charge is 2.22. The number of sulfonamides is 1. The minimum absolute atomic E-state index is 0.0931. The van der Waals surface area contributed by atoms with Crippen LogP contribution in [0.1, 0.15) is 58.0 Å². The fourth-order valence-electron chi connectivity index (χ4n) is 3.70. The van der Waals surface area contributed by atoms with E-state index in [4.69, 9.17) is 4.98 Å². The first-order valence-electron chi connectivity index (χ1n) is 11.0. The smallest absolute Gasteiger partial charge is 0.242 e. The number of hydrogen-bond donors (Lipinski definition) is 1. The largest absolute Gasteiger partial charge is 0.353 e. The maximum absolute atomic E-state index is 12.5. The normalized spacial score (nSPS) is 16.1. The highest BCUT2D eigenvalue weighted by atomic mass is 32.2. The van der Waals surface area contributed by atoms with Gasteiger partial charge in [0.15, 0.2) is 0 Å². The second kappa shape index (κ2) is 9.91. The van der Waals surface area contributed by atoms with Crippen molar-refractivity contribution in [1.82, 2.24) is 19.7 Å². The molecule has 3 rings (SSSR count). The van der Waals surface area contributed by atoms with E-state index >= 15 is 0 Å². The first-order valence-corrected chi connectivity index (χ1v) is 12.5. The van der Waals surface area contributed by atoms with Crippen molar-refractivity contribution in [2.75, 3.05) is 36.0 Å². The minimum atomic E-state index is -3.54. The van der Waals surface area contributed by atoms with Gasteiger partial charge in [-0.25, -0.2) is 28.1 Å². The Bertz CT molecular complexity index is 970. The van der Waals surface area contributed by atoms with Crippen LogP contribution < -0.4 is 14.5 Å². The Labute approximate surface area is 186 Å². The molecule has 1 fully saturated rings. The number of hydrogen-bond acceptors (Lipinski definition) is 7. The number of piperazine rings is 1. The van der Waals surface area contributed by atoms with Crippen LogP contribution in [-0.2, 0) is 10.0 Å². The topological polar surface area (TPSA) is 91.3 Å². The van der Waals surface area contributed by atoms with Crippen LogP contribution in [0.25, 0.3) is 0 Å². The molecule has 0 aromatic carbocycles. The molecule has 31 heavy (non-hydrogen) atoms. The van der Waals surface area contributed by atoms with Crippen LogP contribution in [0.2, 0.25) is 0 Å². The summed E-state index contributed by atoms with van der Waals surface area (Å²) in [5.74, 6) is 2.93. The lowest BCUT2D eigenvalue weighted by Crippen LogP contribution is -2.47. The zero-order valence-electron chi connectivity index (χ0n) is 19.2. The maximum atomic E-state index is 12.5. The summed E-state index contributed by atoms with van der Waals surface area (Å²) in [5, 5.41) is 0. The third kappa shape index (κ3) is 5.92. The number of pyridine rings is 1. The molecule has 0 amide bonds. The maximum Gasteiger partial charge on any atom is 0.242 e. The van der Waals surface area contributed by atoms with E-state index in [0.717, 1.165) is 62.2 Å². The van der Waals surface area contributed by atoms with E-state index in [1.54, 1.807) is 12.1 Å². The van der Waals surface area contributed by atoms with Gasteiger partial charge in [-0.05, 0) is 32.4 Å².